The standard InChI is InChI=1S/C13H27.C6H5N2S.Sn/c1-4-7-10-13(11-8-5-2)12-9-6-3;1-5-3-8-4-7-2-6(8)9-5;/h4-12H2,1-3H3;2,4H,1H3;. The van der Waals surface area contributed by atoms with Gasteiger partial charge in [-0.2, -0.15) is 0 Å². The number of hydrogen-bond donors (Lipinski definition) is 0. The van der Waals surface area contributed by atoms with Crippen LogP contribution in [0.25, 0.3) is 4.83 Å². The number of rotatable bonds is 11. The Morgan fingerprint density at radius 2 is 1.61 bits per heavy atom. The van der Waals surface area contributed by atoms with Gasteiger partial charge >= 0.3 is 157 Å². The molecule has 0 saturated carbocycles. The second-order valence-corrected chi connectivity index (χ2v) is 13.2. The maximum absolute atomic E-state index is 4.38. The number of unbranched alkanes of at least 4 members (excludes halogenated alkanes) is 3. The average Bonchev–Trinajstić information content (AvgIpc) is 3.11. The molecule has 2 aromatic rings. The molecule has 4 heteroatoms. The van der Waals surface area contributed by atoms with Crippen molar-refractivity contribution < 1.29 is 0 Å². The van der Waals surface area contributed by atoms with Crippen LogP contribution in [0.4, 0.5) is 0 Å². The molecule has 23 heavy (non-hydrogen) atoms. The van der Waals surface area contributed by atoms with Crippen LogP contribution in [0, 0.1) is 6.92 Å². The molecule has 0 unspecified atom stereocenters. The van der Waals surface area contributed by atoms with E-state index in [1.807, 2.05) is 17.5 Å². The van der Waals surface area contributed by atoms with Gasteiger partial charge in [0, 0.05) is 0 Å². The van der Waals surface area contributed by atoms with Crippen molar-refractivity contribution in [3.8, 4) is 0 Å². The van der Waals surface area contributed by atoms with Gasteiger partial charge in [-0.3, -0.25) is 0 Å². The fourth-order valence-corrected chi connectivity index (χ4v) is 10.7. The Balaban J connectivity index is 2.29. The quantitative estimate of drug-likeness (QED) is 0.407. The number of thiazole rings is 1. The van der Waals surface area contributed by atoms with Crippen molar-refractivity contribution in [3.05, 3.63) is 17.4 Å². The molecule has 0 aromatic carbocycles. The van der Waals surface area contributed by atoms with Gasteiger partial charge in [-0.15, -0.1) is 0 Å². The Kier molecular flexibility index (Phi) is 7.93. The summed E-state index contributed by atoms with van der Waals surface area (Å²) in [6, 6.07) is 0. The van der Waals surface area contributed by atoms with Crippen LogP contribution in [-0.4, -0.2) is 30.5 Å². The minimum absolute atomic E-state index is 0.657. The Labute approximate surface area is 156 Å². The monoisotopic (exact) mass is 440 g/mol. The molecule has 0 aliphatic heterocycles. The summed E-state index contributed by atoms with van der Waals surface area (Å²) in [6.07, 6.45) is 16.7. The average molecular weight is 439 g/mol. The van der Waals surface area contributed by atoms with Crippen molar-refractivity contribution in [3.63, 3.8) is 0 Å². The summed E-state index contributed by atoms with van der Waals surface area (Å²) in [5.74, 6) is 0. The van der Waals surface area contributed by atoms with Crippen molar-refractivity contribution in [2.75, 3.05) is 0 Å². The molecule has 2 heterocycles. The van der Waals surface area contributed by atoms with E-state index >= 15 is 0 Å². The van der Waals surface area contributed by atoms with Crippen LogP contribution in [0.3, 0.4) is 0 Å². The molecule has 2 rings (SSSR count). The number of fused-ring (bicyclic) bond motifs is 1. The second-order valence-electron chi connectivity index (χ2n) is 6.82. The number of aromatic nitrogens is 2. The summed E-state index contributed by atoms with van der Waals surface area (Å²) >= 11 is 1.28. The van der Waals surface area contributed by atoms with E-state index in [0.29, 0.717) is 3.43 Å². The van der Waals surface area contributed by atoms with E-state index in [-0.39, 0.29) is 0 Å². The van der Waals surface area contributed by atoms with Gasteiger partial charge in [0.05, 0.1) is 0 Å². The summed E-state index contributed by atoms with van der Waals surface area (Å²) in [6.45, 7) is 9.37. The van der Waals surface area contributed by atoms with Crippen LogP contribution in [-0.2, 0) is 0 Å². The Bertz CT molecular complexity index is 565. The molecule has 2 aromatic heterocycles. The van der Waals surface area contributed by atoms with Gasteiger partial charge in [0.1, 0.15) is 0 Å². The summed E-state index contributed by atoms with van der Waals surface area (Å²) in [5.41, 5.74) is 0. The van der Waals surface area contributed by atoms with E-state index in [0.717, 1.165) is 0 Å². The summed E-state index contributed by atoms with van der Waals surface area (Å²) in [4.78, 5) is 7.28. The molecule has 128 valence electrons. The van der Waals surface area contributed by atoms with Crippen molar-refractivity contribution >= 4 is 41.0 Å². The van der Waals surface area contributed by atoms with Crippen molar-refractivity contribution in [2.45, 2.75) is 88.9 Å². The van der Waals surface area contributed by atoms with E-state index in [2.05, 4.69) is 43.4 Å². The zero-order valence-corrected chi connectivity index (χ0v) is 19.0. The first-order valence-electron chi connectivity index (χ1n) is 9.35. The van der Waals surface area contributed by atoms with Crippen LogP contribution < -0.4 is 3.71 Å². The normalized spacial score (nSPS) is 12.3. The van der Waals surface area contributed by atoms with Gasteiger partial charge in [-0.1, -0.05) is 0 Å². The number of nitrogens with zero attached hydrogens (tertiary/aromatic N) is 2. The summed E-state index contributed by atoms with van der Waals surface area (Å²) in [7, 11) is 0. The predicted octanol–water partition coefficient (Wildman–Crippen LogP) is 5.76. The SMILES string of the molecule is CCCC[C](CCCC)(CCCC)[Sn][c]1c(C)sc2cncn12. The Morgan fingerprint density at radius 1 is 1.04 bits per heavy atom. The molecular weight excluding hydrogens is 407 g/mol. The van der Waals surface area contributed by atoms with Crippen LogP contribution in [0.15, 0.2) is 12.5 Å². The van der Waals surface area contributed by atoms with Crippen LogP contribution in [0.1, 0.15) is 83.4 Å². The van der Waals surface area contributed by atoms with E-state index < -0.39 is 21.1 Å². The molecule has 0 aliphatic carbocycles. The summed E-state index contributed by atoms with van der Waals surface area (Å²) in [5, 5.41) is 0. The number of imidazole rings is 1. The van der Waals surface area contributed by atoms with E-state index in [1.54, 1.807) is 8.59 Å². The van der Waals surface area contributed by atoms with Crippen LogP contribution in [0.5, 0.6) is 0 Å². The van der Waals surface area contributed by atoms with Gasteiger partial charge in [-0.25, -0.2) is 0 Å². The van der Waals surface area contributed by atoms with Crippen molar-refractivity contribution in [1.29, 1.82) is 0 Å². The molecule has 2 nitrogen and oxygen atoms in total. The first kappa shape index (κ1) is 19.3. The van der Waals surface area contributed by atoms with Gasteiger partial charge in [0.25, 0.3) is 0 Å². The first-order chi connectivity index (χ1) is 11.2. The number of aryl methyl sites for hydroxylation is 1. The fraction of sp³-hybridized carbons (Fsp3) is 0.737. The molecule has 0 N–H and O–H groups in total. The van der Waals surface area contributed by atoms with Crippen molar-refractivity contribution in [2.24, 2.45) is 0 Å². The Morgan fingerprint density at radius 3 is 2.13 bits per heavy atom. The topological polar surface area (TPSA) is 17.3 Å². The molecule has 0 amide bonds. The van der Waals surface area contributed by atoms with Gasteiger partial charge in [0.15, 0.2) is 0 Å². The predicted molar refractivity (Wildman–Crippen MR) is 104 cm³/mol. The third kappa shape index (κ3) is 4.97. The third-order valence-corrected chi connectivity index (χ3v) is 12.5. The van der Waals surface area contributed by atoms with Crippen LogP contribution >= 0.6 is 11.3 Å². The minimum atomic E-state index is -0.657. The molecule has 0 saturated heterocycles. The molecule has 0 fully saturated rings. The zero-order valence-electron chi connectivity index (χ0n) is 15.3. The van der Waals surface area contributed by atoms with E-state index in [1.165, 1.54) is 62.6 Å². The van der Waals surface area contributed by atoms with Crippen molar-refractivity contribution in [1.82, 2.24) is 9.38 Å². The number of hydrogen-bond acceptors (Lipinski definition) is 2. The maximum atomic E-state index is 4.38. The third-order valence-electron chi connectivity index (χ3n) is 4.85. The molecule has 0 bridgehead atoms. The molecule has 0 spiro atoms. The van der Waals surface area contributed by atoms with E-state index in [4.69, 9.17) is 0 Å². The molecule has 0 atom stereocenters. The molecule has 0 aliphatic rings. The zero-order chi connectivity index (χ0) is 16.7. The van der Waals surface area contributed by atoms with Gasteiger partial charge < -0.3 is 0 Å². The van der Waals surface area contributed by atoms with Crippen LogP contribution in [0.2, 0.25) is 3.43 Å². The first-order valence-corrected chi connectivity index (χ1v) is 13.0. The summed E-state index contributed by atoms with van der Waals surface area (Å²) < 4.78 is 4.77. The molecular formula is C19H32N2SSn. The van der Waals surface area contributed by atoms with Gasteiger partial charge in [-0.05, 0) is 0 Å². The fourth-order valence-electron chi connectivity index (χ4n) is 3.41. The Hall–Kier alpha value is -0.0313. The molecule has 2 radical (unpaired) electrons. The van der Waals surface area contributed by atoms with Gasteiger partial charge in [0.2, 0.25) is 0 Å². The second kappa shape index (κ2) is 9.45. The van der Waals surface area contributed by atoms with E-state index in [9.17, 15) is 0 Å².